The van der Waals surface area contributed by atoms with Crippen LogP contribution in [0.1, 0.15) is 49.5 Å². The van der Waals surface area contributed by atoms with Gasteiger partial charge < -0.3 is 5.73 Å². The fourth-order valence-corrected chi connectivity index (χ4v) is 2.28. The summed E-state index contributed by atoms with van der Waals surface area (Å²) >= 11 is 0. The third kappa shape index (κ3) is 5.31. The van der Waals surface area contributed by atoms with Gasteiger partial charge in [0.2, 0.25) is 5.91 Å². The largest absolute Gasteiger partial charge is 0.369 e. The number of hydrogen-bond acceptors (Lipinski definition) is 3. The lowest BCUT2D eigenvalue weighted by atomic mass is 10.0. The summed E-state index contributed by atoms with van der Waals surface area (Å²) in [6, 6.07) is 7.34. The molecule has 1 amide bonds. The molecule has 4 nitrogen and oxygen atoms in total. The summed E-state index contributed by atoms with van der Waals surface area (Å²) in [5.74, 6) is -0.359. The lowest BCUT2D eigenvalue weighted by molar-refractivity contribution is -0.119. The van der Waals surface area contributed by atoms with Crippen molar-refractivity contribution in [2.45, 2.75) is 46.1 Å². The Hall–Kier alpha value is -1.68. The summed E-state index contributed by atoms with van der Waals surface area (Å²) in [6.07, 6.45) is 2.91. The second kappa shape index (κ2) is 8.57. The number of hydrogen-bond donors (Lipinski definition) is 1. The summed E-state index contributed by atoms with van der Waals surface area (Å²) in [4.78, 5) is 25.6. The van der Waals surface area contributed by atoms with Crippen LogP contribution >= 0.6 is 0 Å². The molecule has 1 aromatic carbocycles. The molecule has 0 aliphatic carbocycles. The molecule has 116 valence electrons. The van der Waals surface area contributed by atoms with Gasteiger partial charge in [-0.1, -0.05) is 44.5 Å². The lowest BCUT2D eigenvalue weighted by Crippen LogP contribution is -2.44. The quantitative estimate of drug-likeness (QED) is 0.710. The number of unbranched alkanes of at least 4 members (excludes halogenated alkanes) is 1. The van der Waals surface area contributed by atoms with E-state index in [9.17, 15) is 9.59 Å². The highest BCUT2D eigenvalue weighted by atomic mass is 16.1. The first-order chi connectivity index (χ1) is 9.99. The van der Waals surface area contributed by atoms with E-state index in [1.807, 2.05) is 36.1 Å². The van der Waals surface area contributed by atoms with Crippen molar-refractivity contribution in [3.63, 3.8) is 0 Å². The molecule has 21 heavy (non-hydrogen) atoms. The number of nitrogens with zero attached hydrogens (tertiary/aromatic N) is 1. The van der Waals surface area contributed by atoms with Gasteiger partial charge in [-0.05, 0) is 31.9 Å². The molecule has 1 unspecified atom stereocenters. The van der Waals surface area contributed by atoms with Crippen LogP contribution in [0.2, 0.25) is 0 Å². The smallest absolute Gasteiger partial charge is 0.231 e. The van der Waals surface area contributed by atoms with Crippen LogP contribution in [-0.2, 0) is 11.2 Å². The minimum atomic E-state index is -0.396. The summed E-state index contributed by atoms with van der Waals surface area (Å²) in [5, 5.41) is 0. The molecule has 0 saturated heterocycles. The van der Waals surface area contributed by atoms with Crippen molar-refractivity contribution in [3.8, 4) is 0 Å². The molecule has 0 fully saturated rings. The third-order valence-electron chi connectivity index (χ3n) is 3.73. The van der Waals surface area contributed by atoms with Crippen molar-refractivity contribution in [2.24, 2.45) is 5.73 Å². The average molecular weight is 290 g/mol. The van der Waals surface area contributed by atoms with Gasteiger partial charge in [0.25, 0.3) is 0 Å². The van der Waals surface area contributed by atoms with E-state index in [4.69, 9.17) is 5.73 Å². The first kappa shape index (κ1) is 17.4. The number of carbonyl (C=O) groups is 2. The van der Waals surface area contributed by atoms with E-state index in [2.05, 4.69) is 13.8 Å². The molecule has 1 rings (SSSR count). The first-order valence-electron chi connectivity index (χ1n) is 7.65. The molecule has 0 bridgehead atoms. The Morgan fingerprint density at radius 3 is 2.29 bits per heavy atom. The van der Waals surface area contributed by atoms with Crippen LogP contribution in [-0.4, -0.2) is 35.7 Å². The highest BCUT2D eigenvalue weighted by Crippen LogP contribution is 2.12. The van der Waals surface area contributed by atoms with Gasteiger partial charge in [0.05, 0.1) is 12.6 Å². The minimum absolute atomic E-state index is 0.0370. The molecule has 1 atom stereocenters. The molecule has 0 aliphatic heterocycles. The van der Waals surface area contributed by atoms with Crippen molar-refractivity contribution in [2.75, 3.05) is 13.1 Å². The molecular formula is C17H26N2O2. The lowest BCUT2D eigenvalue weighted by Gasteiger charge is -2.26. The van der Waals surface area contributed by atoms with Crippen molar-refractivity contribution in [3.05, 3.63) is 35.4 Å². The molecule has 2 N–H and O–H groups in total. The first-order valence-corrected chi connectivity index (χ1v) is 7.65. The average Bonchev–Trinajstić information content (AvgIpc) is 2.49. The molecule has 4 heteroatoms. The normalized spacial score (nSPS) is 12.4. The van der Waals surface area contributed by atoms with Crippen molar-refractivity contribution in [1.82, 2.24) is 4.90 Å². The fraction of sp³-hybridized carbons (Fsp3) is 0.529. The number of aryl methyl sites for hydroxylation is 1. The Labute approximate surface area is 127 Å². The summed E-state index contributed by atoms with van der Waals surface area (Å²) in [5.41, 5.74) is 7.18. The molecule has 0 heterocycles. The Bertz CT molecular complexity index is 468. The van der Waals surface area contributed by atoms with E-state index in [1.165, 1.54) is 5.56 Å². The van der Waals surface area contributed by atoms with Crippen LogP contribution in [0, 0.1) is 0 Å². The molecule has 1 aromatic rings. The van der Waals surface area contributed by atoms with E-state index in [-0.39, 0.29) is 18.4 Å². The SMILES string of the molecule is CCCCN(CC(N)=O)C(C)C(=O)c1ccc(CC)cc1. The standard InChI is InChI=1S/C17H26N2O2/c1-4-6-11-19(12-16(18)20)13(3)17(21)15-9-7-14(5-2)8-10-15/h7-10,13H,4-6,11-12H2,1-3H3,(H2,18,20). The number of nitrogens with two attached hydrogens (primary N) is 1. The monoisotopic (exact) mass is 290 g/mol. The van der Waals surface area contributed by atoms with Crippen molar-refractivity contribution < 1.29 is 9.59 Å². The Balaban J connectivity index is 2.81. The van der Waals surface area contributed by atoms with E-state index in [0.29, 0.717) is 12.1 Å². The van der Waals surface area contributed by atoms with Crippen molar-refractivity contribution >= 4 is 11.7 Å². The van der Waals surface area contributed by atoms with Crippen LogP contribution in [0.5, 0.6) is 0 Å². The topological polar surface area (TPSA) is 63.4 Å². The summed E-state index contributed by atoms with van der Waals surface area (Å²) in [7, 11) is 0. The number of Topliss-reactive ketones (excluding diaryl/α,β-unsaturated/α-hetero) is 1. The van der Waals surface area contributed by atoms with Gasteiger partial charge in [-0.2, -0.15) is 0 Å². The van der Waals surface area contributed by atoms with E-state index < -0.39 is 5.91 Å². The third-order valence-corrected chi connectivity index (χ3v) is 3.73. The second-order valence-electron chi connectivity index (χ2n) is 5.38. The van der Waals surface area contributed by atoms with Gasteiger partial charge in [0.1, 0.15) is 0 Å². The summed E-state index contributed by atoms with van der Waals surface area (Å²) in [6.45, 7) is 6.84. The van der Waals surface area contributed by atoms with Crippen LogP contribution in [0.25, 0.3) is 0 Å². The molecule has 0 radical (unpaired) electrons. The van der Waals surface area contributed by atoms with Crippen LogP contribution in [0.3, 0.4) is 0 Å². The number of rotatable bonds is 9. The van der Waals surface area contributed by atoms with Gasteiger partial charge in [0.15, 0.2) is 5.78 Å². The van der Waals surface area contributed by atoms with E-state index >= 15 is 0 Å². The summed E-state index contributed by atoms with van der Waals surface area (Å²) < 4.78 is 0. The highest BCUT2D eigenvalue weighted by molar-refractivity contribution is 6.00. The number of amides is 1. The van der Waals surface area contributed by atoms with Crippen molar-refractivity contribution in [1.29, 1.82) is 0 Å². The predicted molar refractivity (Wildman–Crippen MR) is 85.3 cm³/mol. The van der Waals surface area contributed by atoms with Gasteiger partial charge in [-0.25, -0.2) is 0 Å². The maximum Gasteiger partial charge on any atom is 0.231 e. The zero-order valence-corrected chi connectivity index (χ0v) is 13.3. The van der Waals surface area contributed by atoms with E-state index in [0.717, 1.165) is 19.3 Å². The predicted octanol–water partition coefficient (Wildman–Crippen LogP) is 2.41. The number of ketones is 1. The van der Waals surface area contributed by atoms with Gasteiger partial charge >= 0.3 is 0 Å². The molecular weight excluding hydrogens is 264 g/mol. The second-order valence-corrected chi connectivity index (χ2v) is 5.38. The van der Waals surface area contributed by atoms with E-state index in [1.54, 1.807) is 0 Å². The molecule has 0 aromatic heterocycles. The molecule has 0 aliphatic rings. The van der Waals surface area contributed by atoms with Gasteiger partial charge in [-0.15, -0.1) is 0 Å². The zero-order valence-electron chi connectivity index (χ0n) is 13.3. The Morgan fingerprint density at radius 2 is 1.81 bits per heavy atom. The Morgan fingerprint density at radius 1 is 1.19 bits per heavy atom. The number of primary amides is 1. The molecule has 0 saturated carbocycles. The van der Waals surface area contributed by atoms with Gasteiger partial charge in [-0.3, -0.25) is 14.5 Å². The number of benzene rings is 1. The Kier molecular flexibility index (Phi) is 7.09. The highest BCUT2D eigenvalue weighted by Gasteiger charge is 2.23. The molecule has 0 spiro atoms. The van der Waals surface area contributed by atoms with Gasteiger partial charge in [0, 0.05) is 5.56 Å². The fourth-order valence-electron chi connectivity index (χ4n) is 2.28. The maximum atomic E-state index is 12.5. The zero-order chi connectivity index (χ0) is 15.8. The van der Waals surface area contributed by atoms with Crippen LogP contribution < -0.4 is 5.73 Å². The minimum Gasteiger partial charge on any atom is -0.369 e. The van der Waals surface area contributed by atoms with Crippen LogP contribution in [0.15, 0.2) is 24.3 Å². The maximum absolute atomic E-state index is 12.5. The van der Waals surface area contributed by atoms with Crippen LogP contribution in [0.4, 0.5) is 0 Å². The number of carbonyl (C=O) groups excluding carboxylic acids is 2.